The first kappa shape index (κ1) is 14.0. The van der Waals surface area contributed by atoms with Crippen molar-refractivity contribution in [1.29, 1.82) is 0 Å². The summed E-state index contributed by atoms with van der Waals surface area (Å²) >= 11 is 0. The van der Waals surface area contributed by atoms with Gasteiger partial charge < -0.3 is 9.64 Å². The normalized spacial score (nSPS) is 19.5. The van der Waals surface area contributed by atoms with Gasteiger partial charge in [-0.15, -0.1) is 0 Å². The molecule has 16 heavy (non-hydrogen) atoms. The smallest absolute Gasteiger partial charge is 0.0495 e. The number of likely N-dealkylation sites (tertiary alicyclic amines) is 1. The lowest BCUT2D eigenvalue weighted by Crippen LogP contribution is -2.37. The highest BCUT2D eigenvalue weighted by molar-refractivity contribution is 4.72. The van der Waals surface area contributed by atoms with Crippen molar-refractivity contribution in [2.24, 2.45) is 11.8 Å². The third-order valence-corrected chi connectivity index (χ3v) is 3.33. The number of piperidine rings is 1. The maximum Gasteiger partial charge on any atom is 0.0495 e. The highest BCUT2D eigenvalue weighted by Gasteiger charge is 2.19. The Hall–Kier alpha value is -0.0800. The molecule has 0 unspecified atom stereocenters. The second-order valence-electron chi connectivity index (χ2n) is 5.57. The van der Waals surface area contributed by atoms with Crippen LogP contribution in [0.1, 0.15) is 46.5 Å². The van der Waals surface area contributed by atoms with Crippen LogP contribution in [0.3, 0.4) is 0 Å². The van der Waals surface area contributed by atoms with Crippen LogP contribution in [0.2, 0.25) is 0 Å². The van der Waals surface area contributed by atoms with Gasteiger partial charge in [-0.2, -0.15) is 0 Å². The number of hydrogen-bond acceptors (Lipinski definition) is 2. The van der Waals surface area contributed by atoms with Crippen molar-refractivity contribution in [2.45, 2.75) is 46.5 Å². The predicted octanol–water partition coefficient (Wildman–Crippen LogP) is 3.17. The Morgan fingerprint density at radius 1 is 1.25 bits per heavy atom. The quantitative estimate of drug-likeness (QED) is 0.619. The largest absolute Gasteiger partial charge is 0.381 e. The van der Waals surface area contributed by atoms with E-state index >= 15 is 0 Å². The first-order valence-electron chi connectivity index (χ1n) is 7.02. The second-order valence-corrected chi connectivity index (χ2v) is 5.57. The average molecular weight is 227 g/mol. The van der Waals surface area contributed by atoms with E-state index in [1.165, 1.54) is 45.3 Å². The van der Waals surface area contributed by atoms with Crippen LogP contribution in [0.15, 0.2) is 0 Å². The van der Waals surface area contributed by atoms with E-state index < -0.39 is 0 Å². The average Bonchev–Trinajstić information content (AvgIpc) is 2.26. The van der Waals surface area contributed by atoms with E-state index in [1.807, 2.05) is 0 Å². The fourth-order valence-corrected chi connectivity index (χ4v) is 2.35. The highest BCUT2D eigenvalue weighted by atomic mass is 16.5. The SMILES string of the molecule is CCCCOCC1CCN(CC(C)C)CC1. The Bertz CT molecular complexity index is 162. The molecule has 2 nitrogen and oxygen atoms in total. The highest BCUT2D eigenvalue weighted by Crippen LogP contribution is 2.18. The Kier molecular flexibility index (Phi) is 7.06. The van der Waals surface area contributed by atoms with Crippen LogP contribution in [0.25, 0.3) is 0 Å². The summed E-state index contributed by atoms with van der Waals surface area (Å²) in [6, 6.07) is 0. The first-order valence-corrected chi connectivity index (χ1v) is 7.02. The van der Waals surface area contributed by atoms with Crippen molar-refractivity contribution >= 4 is 0 Å². The van der Waals surface area contributed by atoms with Crippen LogP contribution in [-0.2, 0) is 4.74 Å². The lowest BCUT2D eigenvalue weighted by Gasteiger charge is -2.32. The van der Waals surface area contributed by atoms with Crippen molar-refractivity contribution in [3.8, 4) is 0 Å². The van der Waals surface area contributed by atoms with Crippen LogP contribution in [-0.4, -0.2) is 37.7 Å². The predicted molar refractivity (Wildman–Crippen MR) is 69.7 cm³/mol. The van der Waals surface area contributed by atoms with E-state index in [9.17, 15) is 0 Å². The molecule has 1 rings (SSSR count). The van der Waals surface area contributed by atoms with Gasteiger partial charge in [0, 0.05) is 19.8 Å². The molecule has 0 amide bonds. The Morgan fingerprint density at radius 3 is 2.50 bits per heavy atom. The van der Waals surface area contributed by atoms with E-state index in [1.54, 1.807) is 0 Å². The fraction of sp³-hybridized carbons (Fsp3) is 1.00. The number of unbranched alkanes of at least 4 members (excludes halogenated alkanes) is 1. The number of nitrogens with zero attached hydrogens (tertiary/aromatic N) is 1. The monoisotopic (exact) mass is 227 g/mol. The summed E-state index contributed by atoms with van der Waals surface area (Å²) in [4.78, 5) is 2.60. The molecule has 0 aliphatic carbocycles. The Labute approximate surface area is 101 Å². The fourth-order valence-electron chi connectivity index (χ4n) is 2.35. The lowest BCUT2D eigenvalue weighted by molar-refractivity contribution is 0.0631. The van der Waals surface area contributed by atoms with Gasteiger partial charge in [0.2, 0.25) is 0 Å². The van der Waals surface area contributed by atoms with Gasteiger partial charge in [-0.05, 0) is 44.2 Å². The van der Waals surface area contributed by atoms with Crippen molar-refractivity contribution in [1.82, 2.24) is 4.90 Å². The Morgan fingerprint density at radius 2 is 1.94 bits per heavy atom. The first-order chi connectivity index (χ1) is 7.72. The molecule has 0 aromatic heterocycles. The zero-order valence-electron chi connectivity index (χ0n) is 11.4. The van der Waals surface area contributed by atoms with E-state index in [2.05, 4.69) is 25.7 Å². The molecule has 0 spiro atoms. The van der Waals surface area contributed by atoms with Gasteiger partial charge in [-0.3, -0.25) is 0 Å². The van der Waals surface area contributed by atoms with Gasteiger partial charge in [0.05, 0.1) is 0 Å². The minimum atomic E-state index is 0.803. The molecule has 1 aliphatic rings. The lowest BCUT2D eigenvalue weighted by atomic mass is 9.97. The van der Waals surface area contributed by atoms with Crippen molar-refractivity contribution in [3.63, 3.8) is 0 Å². The number of rotatable bonds is 7. The van der Waals surface area contributed by atoms with Gasteiger partial charge in [0.15, 0.2) is 0 Å². The van der Waals surface area contributed by atoms with Gasteiger partial charge >= 0.3 is 0 Å². The standard InChI is InChI=1S/C14H29NO/c1-4-5-10-16-12-14-6-8-15(9-7-14)11-13(2)3/h13-14H,4-12H2,1-3H3. The maximum absolute atomic E-state index is 5.71. The van der Waals surface area contributed by atoms with Crippen LogP contribution in [0, 0.1) is 11.8 Å². The van der Waals surface area contributed by atoms with E-state index in [4.69, 9.17) is 4.74 Å². The molecule has 0 N–H and O–H groups in total. The molecule has 0 aromatic carbocycles. The molecule has 0 aromatic rings. The summed E-state index contributed by atoms with van der Waals surface area (Å²) in [5, 5.41) is 0. The molecular formula is C14H29NO. The van der Waals surface area contributed by atoms with Crippen molar-refractivity contribution < 1.29 is 4.74 Å². The number of hydrogen-bond donors (Lipinski definition) is 0. The summed E-state index contributed by atoms with van der Waals surface area (Å²) in [6.07, 6.45) is 5.12. The van der Waals surface area contributed by atoms with Crippen molar-refractivity contribution in [3.05, 3.63) is 0 Å². The molecule has 0 radical (unpaired) electrons. The van der Waals surface area contributed by atoms with Crippen LogP contribution >= 0.6 is 0 Å². The molecule has 2 heteroatoms. The molecule has 1 heterocycles. The molecule has 1 fully saturated rings. The Balaban J connectivity index is 2.03. The van der Waals surface area contributed by atoms with Gasteiger partial charge in [0.1, 0.15) is 0 Å². The second kappa shape index (κ2) is 8.08. The van der Waals surface area contributed by atoms with E-state index in [0.717, 1.165) is 25.0 Å². The zero-order chi connectivity index (χ0) is 11.8. The van der Waals surface area contributed by atoms with E-state index in [-0.39, 0.29) is 0 Å². The van der Waals surface area contributed by atoms with E-state index in [0.29, 0.717) is 0 Å². The van der Waals surface area contributed by atoms with Crippen LogP contribution in [0.4, 0.5) is 0 Å². The summed E-state index contributed by atoms with van der Waals surface area (Å²) in [5.74, 6) is 1.62. The molecule has 1 aliphatic heterocycles. The summed E-state index contributed by atoms with van der Waals surface area (Å²) in [7, 11) is 0. The molecule has 1 saturated heterocycles. The third-order valence-electron chi connectivity index (χ3n) is 3.33. The van der Waals surface area contributed by atoms with Crippen LogP contribution in [0.5, 0.6) is 0 Å². The third kappa shape index (κ3) is 5.86. The number of ether oxygens (including phenoxy) is 1. The maximum atomic E-state index is 5.71. The van der Waals surface area contributed by atoms with Gasteiger partial charge in [-0.25, -0.2) is 0 Å². The van der Waals surface area contributed by atoms with Crippen LogP contribution < -0.4 is 0 Å². The molecule has 0 atom stereocenters. The van der Waals surface area contributed by atoms with Gasteiger partial charge in [0.25, 0.3) is 0 Å². The minimum Gasteiger partial charge on any atom is -0.381 e. The molecule has 96 valence electrons. The topological polar surface area (TPSA) is 12.5 Å². The summed E-state index contributed by atoms with van der Waals surface area (Å²) in [5.41, 5.74) is 0. The molecule has 0 saturated carbocycles. The summed E-state index contributed by atoms with van der Waals surface area (Å²) < 4.78 is 5.71. The van der Waals surface area contributed by atoms with Gasteiger partial charge in [-0.1, -0.05) is 27.2 Å². The van der Waals surface area contributed by atoms with Crippen molar-refractivity contribution in [2.75, 3.05) is 32.8 Å². The summed E-state index contributed by atoms with van der Waals surface area (Å²) in [6.45, 7) is 12.6. The molecule has 0 bridgehead atoms. The molecular weight excluding hydrogens is 198 g/mol. The zero-order valence-corrected chi connectivity index (χ0v) is 11.4. The minimum absolute atomic E-state index is 0.803.